The lowest BCUT2D eigenvalue weighted by Gasteiger charge is -2.27. The maximum Gasteiger partial charge on any atom is 0.221 e. The van der Waals surface area contributed by atoms with Gasteiger partial charge in [-0.3, -0.25) is 4.79 Å². The Morgan fingerprint density at radius 3 is 2.40 bits per heavy atom. The van der Waals surface area contributed by atoms with Gasteiger partial charge in [-0.2, -0.15) is 0 Å². The molecule has 1 aliphatic rings. The summed E-state index contributed by atoms with van der Waals surface area (Å²) < 4.78 is 0. The molecule has 0 spiro atoms. The highest BCUT2D eigenvalue weighted by molar-refractivity contribution is 6.30. The van der Waals surface area contributed by atoms with E-state index in [0.29, 0.717) is 11.4 Å². The first kappa shape index (κ1) is 18.0. The highest BCUT2D eigenvalue weighted by atomic mass is 35.5. The third-order valence-electron chi connectivity index (χ3n) is 4.90. The normalized spacial score (nSPS) is 21.5. The molecule has 1 amide bonds. The summed E-state index contributed by atoms with van der Waals surface area (Å²) in [6.07, 6.45) is 3.41. The Balaban J connectivity index is 1.72. The van der Waals surface area contributed by atoms with Gasteiger partial charge >= 0.3 is 0 Å². The van der Waals surface area contributed by atoms with Crippen molar-refractivity contribution in [1.29, 1.82) is 0 Å². The predicted molar refractivity (Wildman–Crippen MR) is 101 cm³/mol. The van der Waals surface area contributed by atoms with Crippen molar-refractivity contribution in [2.45, 2.75) is 50.2 Å². The van der Waals surface area contributed by atoms with Gasteiger partial charge in [0.05, 0.1) is 6.10 Å². The monoisotopic (exact) mass is 357 g/mol. The number of hydrogen-bond donors (Lipinski definition) is 2. The molecule has 2 aromatic rings. The third kappa shape index (κ3) is 5.07. The van der Waals surface area contributed by atoms with Crippen LogP contribution < -0.4 is 5.32 Å². The van der Waals surface area contributed by atoms with Crippen LogP contribution in [0.2, 0.25) is 5.02 Å². The van der Waals surface area contributed by atoms with Crippen LogP contribution in [0.4, 0.5) is 0 Å². The average molecular weight is 358 g/mol. The number of carbonyl (C=O) groups excluding carboxylic acids is 1. The molecule has 0 aromatic heterocycles. The van der Waals surface area contributed by atoms with E-state index in [2.05, 4.69) is 17.4 Å². The molecule has 1 saturated carbocycles. The molecule has 1 fully saturated rings. The van der Waals surface area contributed by atoms with Crippen LogP contribution in [-0.4, -0.2) is 23.2 Å². The highest BCUT2D eigenvalue weighted by Gasteiger charge is 2.23. The molecule has 0 bridgehead atoms. The Hall–Kier alpha value is -1.84. The van der Waals surface area contributed by atoms with Crippen molar-refractivity contribution in [3.8, 4) is 0 Å². The maximum atomic E-state index is 12.6. The fourth-order valence-electron chi connectivity index (χ4n) is 3.53. The van der Waals surface area contributed by atoms with Crippen molar-refractivity contribution in [3.63, 3.8) is 0 Å². The van der Waals surface area contributed by atoms with Gasteiger partial charge in [-0.25, -0.2) is 0 Å². The Morgan fingerprint density at radius 2 is 1.72 bits per heavy atom. The molecule has 25 heavy (non-hydrogen) atoms. The Bertz CT molecular complexity index is 696. The van der Waals surface area contributed by atoms with E-state index < -0.39 is 0 Å². The molecule has 2 N–H and O–H groups in total. The fourth-order valence-corrected chi connectivity index (χ4v) is 3.73. The van der Waals surface area contributed by atoms with Crippen molar-refractivity contribution in [1.82, 2.24) is 5.32 Å². The Labute approximate surface area is 154 Å². The van der Waals surface area contributed by atoms with E-state index in [9.17, 15) is 9.90 Å². The summed E-state index contributed by atoms with van der Waals surface area (Å²) in [6.45, 7) is 0. The first-order valence-corrected chi connectivity index (χ1v) is 9.27. The quantitative estimate of drug-likeness (QED) is 0.839. The zero-order valence-corrected chi connectivity index (χ0v) is 15.0. The second-order valence-electron chi connectivity index (χ2n) is 6.80. The first-order valence-electron chi connectivity index (χ1n) is 8.89. The van der Waals surface area contributed by atoms with Gasteiger partial charge in [0.2, 0.25) is 5.91 Å². The SMILES string of the molecule is O=C(C[C@H](c1ccccc1)c1cccc(Cl)c1)NC1CCC(O)CC1. The number of hydrogen-bond acceptors (Lipinski definition) is 2. The van der Waals surface area contributed by atoms with Crippen molar-refractivity contribution in [2.24, 2.45) is 0 Å². The van der Waals surface area contributed by atoms with Crippen molar-refractivity contribution in [2.75, 3.05) is 0 Å². The summed E-state index contributed by atoms with van der Waals surface area (Å²) in [5.41, 5.74) is 2.16. The molecule has 132 valence electrons. The van der Waals surface area contributed by atoms with Crippen LogP contribution in [0.25, 0.3) is 0 Å². The molecular weight excluding hydrogens is 334 g/mol. The summed E-state index contributed by atoms with van der Waals surface area (Å²) >= 11 is 6.16. The average Bonchev–Trinajstić information content (AvgIpc) is 2.62. The van der Waals surface area contributed by atoms with Gasteiger partial charge in [-0.05, 0) is 48.9 Å². The summed E-state index contributed by atoms with van der Waals surface area (Å²) in [7, 11) is 0. The molecule has 0 heterocycles. The van der Waals surface area contributed by atoms with E-state index in [1.807, 2.05) is 42.5 Å². The van der Waals surface area contributed by atoms with Gasteiger partial charge < -0.3 is 10.4 Å². The molecule has 0 unspecified atom stereocenters. The fraction of sp³-hybridized carbons (Fsp3) is 0.381. The molecule has 0 aliphatic heterocycles. The van der Waals surface area contributed by atoms with Gasteiger partial charge in [0.1, 0.15) is 0 Å². The van der Waals surface area contributed by atoms with E-state index in [4.69, 9.17) is 11.6 Å². The van der Waals surface area contributed by atoms with Gasteiger partial charge in [0.15, 0.2) is 0 Å². The first-order chi connectivity index (χ1) is 12.1. The summed E-state index contributed by atoms with van der Waals surface area (Å²) in [6, 6.07) is 18.0. The number of aliphatic hydroxyl groups excluding tert-OH is 1. The van der Waals surface area contributed by atoms with Crippen molar-refractivity contribution < 1.29 is 9.90 Å². The minimum absolute atomic E-state index is 0.0194. The van der Waals surface area contributed by atoms with E-state index in [0.717, 1.165) is 36.8 Å². The molecule has 0 radical (unpaired) electrons. The molecule has 3 nitrogen and oxygen atoms in total. The lowest BCUT2D eigenvalue weighted by atomic mass is 9.87. The Morgan fingerprint density at radius 1 is 1.04 bits per heavy atom. The molecule has 4 heteroatoms. The van der Waals surface area contributed by atoms with E-state index in [1.165, 1.54) is 0 Å². The summed E-state index contributed by atoms with van der Waals surface area (Å²) in [5, 5.41) is 13.4. The number of amides is 1. The van der Waals surface area contributed by atoms with Crippen LogP contribution in [0.1, 0.15) is 49.1 Å². The predicted octanol–water partition coefficient (Wildman–Crippen LogP) is 4.28. The van der Waals surface area contributed by atoms with Gasteiger partial charge in [-0.1, -0.05) is 54.1 Å². The summed E-state index contributed by atoms with van der Waals surface area (Å²) in [4.78, 5) is 12.6. The van der Waals surface area contributed by atoms with Crippen LogP contribution in [0, 0.1) is 0 Å². The van der Waals surface area contributed by atoms with Gasteiger partial charge in [0, 0.05) is 23.4 Å². The number of aliphatic hydroxyl groups is 1. The second-order valence-corrected chi connectivity index (χ2v) is 7.23. The van der Waals surface area contributed by atoms with Gasteiger partial charge in [-0.15, -0.1) is 0 Å². The van der Waals surface area contributed by atoms with Crippen molar-refractivity contribution >= 4 is 17.5 Å². The van der Waals surface area contributed by atoms with Crippen LogP contribution >= 0.6 is 11.6 Å². The molecule has 1 aliphatic carbocycles. The molecule has 1 atom stereocenters. The van der Waals surface area contributed by atoms with E-state index in [1.54, 1.807) is 0 Å². The number of rotatable bonds is 5. The van der Waals surface area contributed by atoms with Crippen LogP contribution in [0.5, 0.6) is 0 Å². The largest absolute Gasteiger partial charge is 0.393 e. The molecule has 2 aromatic carbocycles. The van der Waals surface area contributed by atoms with Crippen LogP contribution in [-0.2, 0) is 4.79 Å². The number of nitrogens with one attached hydrogen (secondary N) is 1. The topological polar surface area (TPSA) is 49.3 Å². The van der Waals surface area contributed by atoms with Crippen LogP contribution in [0.3, 0.4) is 0 Å². The zero-order chi connectivity index (χ0) is 17.6. The van der Waals surface area contributed by atoms with Gasteiger partial charge in [0.25, 0.3) is 0 Å². The maximum absolute atomic E-state index is 12.6. The summed E-state index contributed by atoms with van der Waals surface area (Å²) in [5.74, 6) is 0.0318. The molecular formula is C21H24ClNO2. The van der Waals surface area contributed by atoms with Crippen LogP contribution in [0.15, 0.2) is 54.6 Å². The smallest absolute Gasteiger partial charge is 0.221 e. The standard InChI is InChI=1S/C21H24ClNO2/c22-17-8-4-7-16(13-17)20(15-5-2-1-3-6-15)14-21(25)23-18-9-11-19(24)12-10-18/h1-8,13,18-20,24H,9-12,14H2,(H,23,25)/t18?,19?,20-/m1/s1. The zero-order valence-electron chi connectivity index (χ0n) is 14.2. The second kappa shape index (κ2) is 8.50. The Kier molecular flexibility index (Phi) is 6.11. The molecule has 3 rings (SSSR count). The minimum atomic E-state index is -0.211. The number of benzene rings is 2. The van der Waals surface area contributed by atoms with Crippen molar-refractivity contribution in [3.05, 3.63) is 70.7 Å². The highest BCUT2D eigenvalue weighted by Crippen LogP contribution is 2.30. The third-order valence-corrected chi connectivity index (χ3v) is 5.14. The lowest BCUT2D eigenvalue weighted by Crippen LogP contribution is -2.39. The molecule has 0 saturated heterocycles. The van der Waals surface area contributed by atoms with E-state index >= 15 is 0 Å². The number of carbonyl (C=O) groups is 1. The minimum Gasteiger partial charge on any atom is -0.393 e. The van der Waals surface area contributed by atoms with E-state index in [-0.39, 0.29) is 24.0 Å². The lowest BCUT2D eigenvalue weighted by molar-refractivity contribution is -0.122. The number of halogens is 1.